The molecule has 1 aliphatic rings. The fraction of sp³-hybridized carbons (Fsp3) is 0.190. The third-order valence-electron chi connectivity index (χ3n) is 4.88. The minimum absolute atomic E-state index is 0.00650. The number of sulfonamides is 1. The molecule has 0 radical (unpaired) electrons. The molecule has 2 aromatic carbocycles. The van der Waals surface area contributed by atoms with Gasteiger partial charge in [-0.05, 0) is 36.4 Å². The van der Waals surface area contributed by atoms with Crippen molar-refractivity contribution in [3.8, 4) is 5.75 Å². The van der Waals surface area contributed by atoms with Crippen LogP contribution in [0.25, 0.3) is 0 Å². The minimum Gasteiger partial charge on any atom is -0.481 e. The van der Waals surface area contributed by atoms with Crippen LogP contribution in [0.15, 0.2) is 65.0 Å². The number of aromatic nitrogens is 1. The maximum Gasteiger partial charge on any atom is 0.263 e. The molecule has 0 aliphatic carbocycles. The van der Waals surface area contributed by atoms with Gasteiger partial charge >= 0.3 is 0 Å². The summed E-state index contributed by atoms with van der Waals surface area (Å²) in [6, 6.07) is 11.5. The Hall–Kier alpha value is -3.51. The first-order valence-corrected chi connectivity index (χ1v) is 12.2. The molecule has 0 bridgehead atoms. The maximum absolute atomic E-state index is 13.5. The molecule has 2 heterocycles. The van der Waals surface area contributed by atoms with E-state index in [1.54, 1.807) is 11.4 Å². The molecule has 0 spiro atoms. The highest BCUT2D eigenvalue weighted by Gasteiger charge is 2.35. The van der Waals surface area contributed by atoms with E-state index in [-0.39, 0.29) is 47.3 Å². The van der Waals surface area contributed by atoms with Gasteiger partial charge < -0.3 is 15.0 Å². The third kappa shape index (κ3) is 5.46. The molecule has 1 aliphatic heterocycles. The van der Waals surface area contributed by atoms with E-state index in [0.717, 1.165) is 11.3 Å². The van der Waals surface area contributed by atoms with Crippen LogP contribution in [0.3, 0.4) is 0 Å². The van der Waals surface area contributed by atoms with Crippen molar-refractivity contribution in [2.45, 2.75) is 4.90 Å². The van der Waals surface area contributed by atoms with Crippen molar-refractivity contribution in [1.29, 1.82) is 0 Å². The Kier molecular flexibility index (Phi) is 6.56. The Balaban J connectivity index is 1.25. The van der Waals surface area contributed by atoms with Crippen molar-refractivity contribution in [2.24, 2.45) is 5.92 Å². The molecule has 2 N–H and O–H groups in total. The van der Waals surface area contributed by atoms with E-state index in [1.165, 1.54) is 53.6 Å². The van der Waals surface area contributed by atoms with E-state index in [4.69, 9.17) is 4.74 Å². The average molecular weight is 491 g/mol. The lowest BCUT2D eigenvalue weighted by atomic mass is 9.99. The fourth-order valence-electron chi connectivity index (χ4n) is 3.05. The molecule has 2 amide bonds. The summed E-state index contributed by atoms with van der Waals surface area (Å²) in [4.78, 5) is 29.9. The molecule has 1 fully saturated rings. The van der Waals surface area contributed by atoms with Crippen LogP contribution in [0.4, 0.5) is 15.2 Å². The van der Waals surface area contributed by atoms with Crippen LogP contribution in [0.1, 0.15) is 0 Å². The molecule has 3 aromatic rings. The fourth-order valence-corrected chi connectivity index (χ4v) is 4.84. The van der Waals surface area contributed by atoms with Crippen molar-refractivity contribution in [2.75, 3.05) is 29.7 Å². The topological polar surface area (TPSA) is 118 Å². The number of carbonyl (C=O) groups excluding carboxylic acids is 2. The molecule has 1 saturated heterocycles. The molecule has 4 rings (SSSR count). The normalized spacial score (nSPS) is 13.8. The summed E-state index contributed by atoms with van der Waals surface area (Å²) in [6.45, 7) is 0.116. The standard InChI is InChI=1S/C21H19FN4O5S2/c22-17-3-1-2-4-18(17)31-13-19(27)26-11-14(12-26)20(28)24-15-5-7-16(8-6-15)33(29,30)25-21-23-9-10-32-21/h1-10,14H,11-13H2,(H,23,25)(H,24,28). The van der Waals surface area contributed by atoms with Crippen LogP contribution in [0, 0.1) is 11.7 Å². The second-order valence-corrected chi connectivity index (χ2v) is 9.75. The first-order chi connectivity index (χ1) is 15.8. The Morgan fingerprint density at radius 2 is 1.88 bits per heavy atom. The van der Waals surface area contributed by atoms with Crippen molar-refractivity contribution >= 4 is 44.0 Å². The third-order valence-corrected chi connectivity index (χ3v) is 7.05. The average Bonchev–Trinajstić information content (AvgIpc) is 3.25. The van der Waals surface area contributed by atoms with Gasteiger partial charge in [0.1, 0.15) is 0 Å². The first kappa shape index (κ1) is 22.7. The van der Waals surface area contributed by atoms with E-state index in [0.29, 0.717) is 5.69 Å². The van der Waals surface area contributed by atoms with Gasteiger partial charge in [0.05, 0.1) is 10.8 Å². The zero-order valence-electron chi connectivity index (χ0n) is 17.1. The number of hydrogen-bond donors (Lipinski definition) is 2. The lowest BCUT2D eigenvalue weighted by molar-refractivity contribution is -0.143. The smallest absolute Gasteiger partial charge is 0.263 e. The first-order valence-electron chi connectivity index (χ1n) is 9.80. The second-order valence-electron chi connectivity index (χ2n) is 7.17. The van der Waals surface area contributed by atoms with Gasteiger partial charge in [0.15, 0.2) is 23.3 Å². The van der Waals surface area contributed by atoms with Crippen LogP contribution in [-0.2, 0) is 19.6 Å². The summed E-state index contributed by atoms with van der Waals surface area (Å²) in [5.41, 5.74) is 0.431. The number of para-hydroxylation sites is 1. The number of thiazole rings is 1. The van der Waals surface area contributed by atoms with Gasteiger partial charge in [-0.3, -0.25) is 14.3 Å². The number of hydrogen-bond acceptors (Lipinski definition) is 7. The van der Waals surface area contributed by atoms with Gasteiger partial charge in [0, 0.05) is 30.4 Å². The SMILES string of the molecule is O=C(Nc1ccc(S(=O)(=O)Nc2nccs2)cc1)C1CN(C(=O)COc2ccccc2F)C1. The molecule has 9 nitrogen and oxygen atoms in total. The lowest BCUT2D eigenvalue weighted by Gasteiger charge is -2.38. The van der Waals surface area contributed by atoms with Gasteiger partial charge in [-0.2, -0.15) is 0 Å². The Bertz CT molecular complexity index is 1240. The molecule has 0 unspecified atom stereocenters. The van der Waals surface area contributed by atoms with Crippen molar-refractivity contribution in [3.05, 3.63) is 65.9 Å². The van der Waals surface area contributed by atoms with Crippen LogP contribution < -0.4 is 14.8 Å². The molecule has 0 atom stereocenters. The number of likely N-dealkylation sites (tertiary alicyclic amines) is 1. The van der Waals surface area contributed by atoms with Gasteiger partial charge in [0.25, 0.3) is 15.9 Å². The number of nitrogens with zero attached hydrogens (tertiary/aromatic N) is 2. The summed E-state index contributed by atoms with van der Waals surface area (Å²) in [7, 11) is -3.78. The number of anilines is 2. The Labute approximate surface area is 193 Å². The Morgan fingerprint density at radius 1 is 1.15 bits per heavy atom. The largest absolute Gasteiger partial charge is 0.481 e. The number of nitrogens with one attached hydrogen (secondary N) is 2. The molecular weight excluding hydrogens is 471 g/mol. The summed E-state index contributed by atoms with van der Waals surface area (Å²) in [6.07, 6.45) is 1.49. The summed E-state index contributed by atoms with van der Waals surface area (Å²) >= 11 is 1.16. The predicted molar refractivity (Wildman–Crippen MR) is 120 cm³/mol. The summed E-state index contributed by atoms with van der Waals surface area (Å²) in [5, 5.41) is 4.62. The molecule has 0 saturated carbocycles. The van der Waals surface area contributed by atoms with Gasteiger partial charge in [-0.1, -0.05) is 12.1 Å². The molecule has 12 heteroatoms. The van der Waals surface area contributed by atoms with E-state index in [9.17, 15) is 22.4 Å². The number of carbonyl (C=O) groups is 2. The van der Waals surface area contributed by atoms with Gasteiger partial charge in [-0.15, -0.1) is 11.3 Å². The van der Waals surface area contributed by atoms with E-state index in [1.807, 2.05) is 0 Å². The van der Waals surface area contributed by atoms with Crippen LogP contribution >= 0.6 is 11.3 Å². The lowest BCUT2D eigenvalue weighted by Crippen LogP contribution is -2.55. The minimum atomic E-state index is -3.78. The van der Waals surface area contributed by atoms with Crippen molar-refractivity contribution in [1.82, 2.24) is 9.88 Å². The van der Waals surface area contributed by atoms with Crippen molar-refractivity contribution < 1.29 is 27.1 Å². The van der Waals surface area contributed by atoms with Gasteiger partial charge in [-0.25, -0.2) is 17.8 Å². The number of halogens is 1. The van der Waals surface area contributed by atoms with E-state index < -0.39 is 21.8 Å². The quantitative estimate of drug-likeness (QED) is 0.501. The monoisotopic (exact) mass is 490 g/mol. The number of benzene rings is 2. The molecule has 172 valence electrons. The summed E-state index contributed by atoms with van der Waals surface area (Å²) in [5.74, 6) is -1.59. The number of amides is 2. The van der Waals surface area contributed by atoms with E-state index in [2.05, 4.69) is 15.0 Å². The highest BCUT2D eigenvalue weighted by atomic mass is 32.2. The predicted octanol–water partition coefficient (Wildman–Crippen LogP) is 2.56. The van der Waals surface area contributed by atoms with Crippen molar-refractivity contribution in [3.63, 3.8) is 0 Å². The molecular formula is C21H19FN4O5S2. The van der Waals surface area contributed by atoms with Crippen LogP contribution in [0.5, 0.6) is 5.75 Å². The zero-order chi connectivity index (χ0) is 23.4. The van der Waals surface area contributed by atoms with E-state index >= 15 is 0 Å². The molecule has 33 heavy (non-hydrogen) atoms. The highest BCUT2D eigenvalue weighted by molar-refractivity contribution is 7.93. The van der Waals surface area contributed by atoms with Crippen LogP contribution in [-0.4, -0.2) is 49.8 Å². The highest BCUT2D eigenvalue weighted by Crippen LogP contribution is 2.22. The maximum atomic E-state index is 13.5. The summed E-state index contributed by atoms with van der Waals surface area (Å²) < 4.78 is 45.8. The second kappa shape index (κ2) is 9.55. The van der Waals surface area contributed by atoms with Gasteiger partial charge in [0.2, 0.25) is 5.91 Å². The molecule has 1 aromatic heterocycles. The Morgan fingerprint density at radius 3 is 2.55 bits per heavy atom. The zero-order valence-corrected chi connectivity index (χ0v) is 18.7. The van der Waals surface area contributed by atoms with Crippen LogP contribution in [0.2, 0.25) is 0 Å². The number of rotatable bonds is 8. The number of ether oxygens (including phenoxy) is 1.